The maximum absolute atomic E-state index is 12.9. The van der Waals surface area contributed by atoms with Crippen LogP contribution in [-0.2, 0) is 15.8 Å². The van der Waals surface area contributed by atoms with E-state index in [1.165, 1.54) is 13.2 Å². The van der Waals surface area contributed by atoms with Crippen LogP contribution >= 0.6 is 0 Å². The van der Waals surface area contributed by atoms with Gasteiger partial charge in [0.15, 0.2) is 0 Å². The second kappa shape index (κ2) is 6.44. The molecule has 1 unspecified atom stereocenters. The van der Waals surface area contributed by atoms with Gasteiger partial charge in [-0.25, -0.2) is 0 Å². The van der Waals surface area contributed by atoms with Crippen LogP contribution < -0.4 is 21.5 Å². The molecule has 116 valence electrons. The number of halogens is 3. The number of ether oxygens (including phenoxy) is 1. The van der Waals surface area contributed by atoms with E-state index in [4.69, 9.17) is 16.2 Å². The van der Waals surface area contributed by atoms with E-state index in [0.29, 0.717) is 0 Å². The Morgan fingerprint density at radius 1 is 1.38 bits per heavy atom. The van der Waals surface area contributed by atoms with Gasteiger partial charge in [-0.3, -0.25) is 9.59 Å². The molecule has 0 saturated heterocycles. The third kappa shape index (κ3) is 4.63. The molecule has 0 aliphatic carbocycles. The van der Waals surface area contributed by atoms with Crippen molar-refractivity contribution >= 4 is 17.5 Å². The fourth-order valence-corrected chi connectivity index (χ4v) is 1.53. The van der Waals surface area contributed by atoms with Crippen molar-refractivity contribution in [2.75, 3.05) is 12.4 Å². The zero-order valence-corrected chi connectivity index (χ0v) is 11.0. The van der Waals surface area contributed by atoms with Crippen molar-refractivity contribution in [3.63, 3.8) is 0 Å². The Balaban J connectivity index is 3.02. The minimum atomic E-state index is -4.69. The van der Waals surface area contributed by atoms with Crippen LogP contribution in [0, 0.1) is 0 Å². The second-order valence-corrected chi connectivity index (χ2v) is 4.18. The number of rotatable bonds is 5. The summed E-state index contributed by atoms with van der Waals surface area (Å²) in [5.74, 6) is -1.78. The van der Waals surface area contributed by atoms with E-state index >= 15 is 0 Å². The van der Waals surface area contributed by atoms with Crippen molar-refractivity contribution in [1.29, 1.82) is 0 Å². The lowest BCUT2D eigenvalue weighted by Gasteiger charge is -2.16. The molecule has 0 spiro atoms. The third-order valence-corrected chi connectivity index (χ3v) is 2.55. The summed E-state index contributed by atoms with van der Waals surface area (Å²) in [6, 6.07) is 1.71. The van der Waals surface area contributed by atoms with Gasteiger partial charge in [-0.15, -0.1) is 0 Å². The minimum Gasteiger partial charge on any atom is -0.497 e. The van der Waals surface area contributed by atoms with Crippen molar-refractivity contribution in [1.82, 2.24) is 0 Å². The highest BCUT2D eigenvalue weighted by molar-refractivity contribution is 5.97. The maximum atomic E-state index is 12.9. The van der Waals surface area contributed by atoms with E-state index in [1.807, 2.05) is 5.32 Å². The molecule has 0 aromatic heterocycles. The molecule has 6 nitrogen and oxygen atoms in total. The van der Waals surface area contributed by atoms with Crippen LogP contribution in [0.15, 0.2) is 18.2 Å². The molecule has 0 aliphatic heterocycles. The lowest BCUT2D eigenvalue weighted by molar-refractivity contribution is -0.137. The van der Waals surface area contributed by atoms with E-state index in [1.54, 1.807) is 0 Å². The van der Waals surface area contributed by atoms with Crippen LogP contribution in [0.25, 0.3) is 0 Å². The molecule has 0 heterocycles. The molecule has 0 aliphatic rings. The van der Waals surface area contributed by atoms with E-state index in [-0.39, 0.29) is 5.75 Å². The molecule has 0 radical (unpaired) electrons. The Hall–Kier alpha value is -2.29. The molecule has 1 atom stereocenters. The van der Waals surface area contributed by atoms with E-state index in [2.05, 4.69) is 0 Å². The van der Waals surface area contributed by atoms with Crippen LogP contribution in [0.4, 0.5) is 18.9 Å². The first-order valence-electron chi connectivity index (χ1n) is 5.75. The first-order valence-corrected chi connectivity index (χ1v) is 5.75. The number of nitrogens with one attached hydrogen (secondary N) is 1. The first-order chi connectivity index (χ1) is 9.65. The highest BCUT2D eigenvalue weighted by atomic mass is 19.4. The highest BCUT2D eigenvalue weighted by Gasteiger charge is 2.34. The predicted octanol–water partition coefficient (Wildman–Crippen LogP) is 0.855. The van der Waals surface area contributed by atoms with Crippen LogP contribution in [0.2, 0.25) is 0 Å². The fraction of sp³-hybridized carbons (Fsp3) is 0.333. The number of benzene rings is 1. The van der Waals surface area contributed by atoms with Gasteiger partial charge in [0.1, 0.15) is 5.75 Å². The van der Waals surface area contributed by atoms with Gasteiger partial charge in [0.2, 0.25) is 11.8 Å². The molecule has 21 heavy (non-hydrogen) atoms. The predicted molar refractivity (Wildman–Crippen MR) is 68.4 cm³/mol. The molecule has 1 rings (SSSR count). The van der Waals surface area contributed by atoms with Gasteiger partial charge in [-0.05, 0) is 18.2 Å². The summed E-state index contributed by atoms with van der Waals surface area (Å²) in [7, 11) is 1.22. The van der Waals surface area contributed by atoms with Gasteiger partial charge in [0.05, 0.1) is 30.8 Å². The smallest absolute Gasteiger partial charge is 0.418 e. The van der Waals surface area contributed by atoms with Crippen LogP contribution in [0.1, 0.15) is 12.0 Å². The number of methoxy groups -OCH3 is 1. The molecule has 9 heteroatoms. The van der Waals surface area contributed by atoms with Crippen molar-refractivity contribution < 1.29 is 27.5 Å². The summed E-state index contributed by atoms with van der Waals surface area (Å²) in [4.78, 5) is 22.3. The Kier molecular flexibility index (Phi) is 5.14. The van der Waals surface area contributed by atoms with Gasteiger partial charge >= 0.3 is 6.18 Å². The SMILES string of the molecule is COc1ccc(NC(=O)C(N)CC(N)=O)c(C(F)(F)F)c1. The quantitative estimate of drug-likeness (QED) is 0.749. The van der Waals surface area contributed by atoms with Crippen LogP contribution in [0.5, 0.6) is 5.75 Å². The van der Waals surface area contributed by atoms with Gasteiger partial charge in [-0.1, -0.05) is 0 Å². The van der Waals surface area contributed by atoms with Crippen LogP contribution in [-0.4, -0.2) is 25.0 Å². The number of alkyl halides is 3. The maximum Gasteiger partial charge on any atom is 0.418 e. The average Bonchev–Trinajstić information content (AvgIpc) is 2.37. The Labute approximate surface area is 118 Å². The van der Waals surface area contributed by atoms with E-state index in [9.17, 15) is 22.8 Å². The van der Waals surface area contributed by atoms with Gasteiger partial charge in [0, 0.05) is 0 Å². The molecule has 1 aromatic carbocycles. The largest absolute Gasteiger partial charge is 0.497 e. The molecule has 2 amide bonds. The van der Waals surface area contributed by atoms with Crippen molar-refractivity contribution in [3.8, 4) is 5.75 Å². The normalized spacial score (nSPS) is 12.6. The molecule has 1 aromatic rings. The van der Waals surface area contributed by atoms with Crippen molar-refractivity contribution in [3.05, 3.63) is 23.8 Å². The molecular formula is C12H14F3N3O3. The lowest BCUT2D eigenvalue weighted by Crippen LogP contribution is -2.39. The lowest BCUT2D eigenvalue weighted by atomic mass is 10.1. The molecule has 5 N–H and O–H groups in total. The van der Waals surface area contributed by atoms with Crippen molar-refractivity contribution in [2.45, 2.75) is 18.6 Å². The zero-order chi connectivity index (χ0) is 16.2. The number of hydrogen-bond acceptors (Lipinski definition) is 4. The second-order valence-electron chi connectivity index (χ2n) is 4.18. The minimum absolute atomic E-state index is 0.0123. The number of anilines is 1. The number of carbonyl (C=O) groups is 2. The summed E-state index contributed by atoms with van der Waals surface area (Å²) in [5, 5.41) is 2.03. The molecule has 0 fully saturated rings. The highest BCUT2D eigenvalue weighted by Crippen LogP contribution is 2.37. The van der Waals surface area contributed by atoms with Crippen LogP contribution in [0.3, 0.4) is 0 Å². The summed E-state index contributed by atoms with van der Waals surface area (Å²) < 4.78 is 43.5. The summed E-state index contributed by atoms with van der Waals surface area (Å²) in [6.45, 7) is 0. The summed E-state index contributed by atoms with van der Waals surface area (Å²) >= 11 is 0. The molecule has 0 saturated carbocycles. The number of carbonyl (C=O) groups excluding carboxylic acids is 2. The number of nitrogens with two attached hydrogens (primary N) is 2. The Morgan fingerprint density at radius 2 is 2.00 bits per heavy atom. The number of amides is 2. The Bertz CT molecular complexity index is 546. The molecule has 0 bridgehead atoms. The standard InChI is InChI=1S/C12H14F3N3O3/c1-21-6-2-3-9(7(4-6)12(13,14)15)18-11(20)8(16)5-10(17)19/h2-4,8H,5,16H2,1H3,(H2,17,19)(H,18,20). The zero-order valence-electron chi connectivity index (χ0n) is 11.0. The third-order valence-electron chi connectivity index (χ3n) is 2.55. The number of hydrogen-bond donors (Lipinski definition) is 3. The average molecular weight is 305 g/mol. The van der Waals surface area contributed by atoms with Gasteiger partial charge in [-0.2, -0.15) is 13.2 Å². The Morgan fingerprint density at radius 3 is 2.48 bits per heavy atom. The van der Waals surface area contributed by atoms with Gasteiger partial charge < -0.3 is 21.5 Å². The summed E-state index contributed by atoms with van der Waals surface area (Å²) in [5.41, 5.74) is 8.67. The fourth-order valence-electron chi connectivity index (χ4n) is 1.53. The first kappa shape index (κ1) is 16.8. The summed E-state index contributed by atoms with van der Waals surface area (Å²) in [6.07, 6.45) is -5.16. The molecular weight excluding hydrogens is 291 g/mol. The van der Waals surface area contributed by atoms with E-state index in [0.717, 1.165) is 12.1 Å². The van der Waals surface area contributed by atoms with Crippen molar-refractivity contribution in [2.24, 2.45) is 11.5 Å². The monoisotopic (exact) mass is 305 g/mol. The topological polar surface area (TPSA) is 107 Å². The number of primary amides is 1. The van der Waals surface area contributed by atoms with E-state index < -0.39 is 41.7 Å². The van der Waals surface area contributed by atoms with Gasteiger partial charge in [0.25, 0.3) is 0 Å².